The van der Waals surface area contributed by atoms with Gasteiger partial charge in [0.05, 0.1) is 6.04 Å². The van der Waals surface area contributed by atoms with Crippen molar-refractivity contribution >= 4 is 11.6 Å². The molecule has 0 aliphatic carbocycles. The van der Waals surface area contributed by atoms with E-state index >= 15 is 0 Å². The van der Waals surface area contributed by atoms with Crippen molar-refractivity contribution in [2.45, 2.75) is 45.7 Å². The lowest BCUT2D eigenvalue weighted by atomic mass is 9.79. The van der Waals surface area contributed by atoms with Crippen LogP contribution in [-0.4, -0.2) is 34.2 Å². The summed E-state index contributed by atoms with van der Waals surface area (Å²) < 4.78 is 5.51. The number of hydrogen-bond acceptors (Lipinski definition) is 5. The van der Waals surface area contributed by atoms with Gasteiger partial charge >= 0.3 is 0 Å². The second-order valence-electron chi connectivity index (χ2n) is 7.38. The van der Waals surface area contributed by atoms with Gasteiger partial charge in [-0.2, -0.15) is 4.98 Å². The topological polar surface area (TPSA) is 68.2 Å². The van der Waals surface area contributed by atoms with Crippen LogP contribution < -0.4 is 5.73 Å². The average Bonchev–Trinajstić information content (AvgIpc) is 3.00. The van der Waals surface area contributed by atoms with Gasteiger partial charge in [-0.3, -0.25) is 4.90 Å². The maximum Gasteiger partial charge on any atom is 0.243 e. The molecule has 2 heterocycles. The molecule has 1 fully saturated rings. The molecule has 2 aromatic rings. The third-order valence-electron chi connectivity index (χ3n) is 5.01. The predicted octanol–water partition coefficient (Wildman–Crippen LogP) is 3.43. The highest BCUT2D eigenvalue weighted by Gasteiger charge is 2.36. The molecule has 1 aliphatic rings. The number of hydrogen-bond donors (Lipinski definition) is 1. The van der Waals surface area contributed by atoms with Crippen LogP contribution in [0, 0.1) is 5.41 Å². The Balaban J connectivity index is 1.67. The largest absolute Gasteiger partial charge is 0.338 e. The second kappa shape index (κ2) is 6.82. The minimum Gasteiger partial charge on any atom is -0.338 e. The standard InChI is InChI=1S/C18H25ClN4O/c1-12(23-9-8-15(20)18(2,3)11-23)17-21-16(22-24-17)10-13-4-6-14(19)7-5-13/h4-7,12,15H,8-11,20H2,1-3H3. The monoisotopic (exact) mass is 348 g/mol. The van der Waals surface area contributed by atoms with Crippen molar-refractivity contribution in [2.75, 3.05) is 13.1 Å². The molecule has 1 aromatic carbocycles. The Kier molecular flexibility index (Phi) is 4.95. The fourth-order valence-electron chi connectivity index (χ4n) is 3.20. The first kappa shape index (κ1) is 17.4. The van der Waals surface area contributed by atoms with Crippen LogP contribution >= 0.6 is 11.6 Å². The van der Waals surface area contributed by atoms with Gasteiger partial charge < -0.3 is 10.3 Å². The Labute approximate surface area is 148 Å². The van der Waals surface area contributed by atoms with E-state index in [1.54, 1.807) is 0 Å². The van der Waals surface area contributed by atoms with Crippen LogP contribution in [0.15, 0.2) is 28.8 Å². The number of piperidine rings is 1. The number of rotatable bonds is 4. The Hall–Kier alpha value is -1.43. The van der Waals surface area contributed by atoms with Gasteiger partial charge in [-0.05, 0) is 36.5 Å². The molecule has 0 radical (unpaired) electrons. The summed E-state index contributed by atoms with van der Waals surface area (Å²) in [6, 6.07) is 8.05. The summed E-state index contributed by atoms with van der Waals surface area (Å²) in [5, 5.41) is 4.86. The highest BCUT2D eigenvalue weighted by atomic mass is 35.5. The van der Waals surface area contributed by atoms with Crippen molar-refractivity contribution in [3.63, 3.8) is 0 Å². The Morgan fingerprint density at radius 2 is 2.08 bits per heavy atom. The Morgan fingerprint density at radius 1 is 1.38 bits per heavy atom. The van der Waals surface area contributed by atoms with Crippen LogP contribution in [-0.2, 0) is 6.42 Å². The highest BCUT2D eigenvalue weighted by molar-refractivity contribution is 6.30. The van der Waals surface area contributed by atoms with E-state index in [9.17, 15) is 0 Å². The molecule has 2 atom stereocenters. The van der Waals surface area contributed by atoms with Crippen LogP contribution in [0.4, 0.5) is 0 Å². The molecule has 1 saturated heterocycles. The number of aromatic nitrogens is 2. The van der Waals surface area contributed by atoms with Crippen molar-refractivity contribution in [1.82, 2.24) is 15.0 Å². The van der Waals surface area contributed by atoms with Crippen molar-refractivity contribution in [1.29, 1.82) is 0 Å². The SMILES string of the molecule is CC(c1nc(Cc2ccc(Cl)cc2)no1)N1CCC(N)C(C)(C)C1. The van der Waals surface area contributed by atoms with E-state index in [0.717, 1.165) is 30.1 Å². The van der Waals surface area contributed by atoms with Crippen LogP contribution in [0.25, 0.3) is 0 Å². The molecule has 2 unspecified atom stereocenters. The molecule has 2 N–H and O–H groups in total. The molecule has 5 nitrogen and oxygen atoms in total. The van der Waals surface area contributed by atoms with Gasteiger partial charge in [-0.1, -0.05) is 42.7 Å². The highest BCUT2D eigenvalue weighted by Crippen LogP contribution is 2.32. The van der Waals surface area contributed by atoms with Crippen molar-refractivity contribution in [2.24, 2.45) is 11.1 Å². The number of halogens is 1. The molecule has 1 aromatic heterocycles. The molecule has 1 aliphatic heterocycles. The molecule has 0 amide bonds. The molecule has 24 heavy (non-hydrogen) atoms. The molecule has 0 spiro atoms. The van der Waals surface area contributed by atoms with Gasteiger partial charge in [0.25, 0.3) is 0 Å². The molecule has 3 rings (SSSR count). The average molecular weight is 349 g/mol. The lowest BCUT2D eigenvalue weighted by Gasteiger charge is -2.44. The molecule has 130 valence electrons. The molecule has 0 saturated carbocycles. The zero-order valence-electron chi connectivity index (χ0n) is 14.5. The summed E-state index contributed by atoms with van der Waals surface area (Å²) in [6.07, 6.45) is 1.63. The number of nitrogens with zero attached hydrogens (tertiary/aromatic N) is 3. The number of likely N-dealkylation sites (tertiary alicyclic amines) is 1. The molecular formula is C18H25ClN4O. The summed E-state index contributed by atoms with van der Waals surface area (Å²) in [5.41, 5.74) is 7.44. The van der Waals surface area contributed by atoms with Crippen LogP contribution in [0.1, 0.15) is 50.5 Å². The first-order valence-corrected chi connectivity index (χ1v) is 8.79. The quantitative estimate of drug-likeness (QED) is 0.916. The van der Waals surface area contributed by atoms with Crippen LogP contribution in [0.5, 0.6) is 0 Å². The third-order valence-corrected chi connectivity index (χ3v) is 5.26. The lowest BCUT2D eigenvalue weighted by molar-refractivity contribution is 0.0549. The number of benzene rings is 1. The van der Waals surface area contributed by atoms with Crippen molar-refractivity contribution in [3.05, 3.63) is 46.6 Å². The first-order chi connectivity index (χ1) is 11.3. The van der Waals surface area contributed by atoms with Crippen LogP contribution in [0.2, 0.25) is 5.02 Å². The summed E-state index contributed by atoms with van der Waals surface area (Å²) in [4.78, 5) is 6.96. The fourth-order valence-corrected chi connectivity index (χ4v) is 3.32. The number of nitrogens with two attached hydrogens (primary N) is 1. The van der Waals surface area contributed by atoms with E-state index in [0.29, 0.717) is 18.1 Å². The van der Waals surface area contributed by atoms with Gasteiger partial charge in [0.15, 0.2) is 5.82 Å². The van der Waals surface area contributed by atoms with Gasteiger partial charge in [-0.15, -0.1) is 0 Å². The smallest absolute Gasteiger partial charge is 0.243 e. The summed E-state index contributed by atoms with van der Waals surface area (Å²) >= 11 is 5.92. The van der Waals surface area contributed by atoms with Gasteiger partial charge in [0.1, 0.15) is 0 Å². The third kappa shape index (κ3) is 3.79. The predicted molar refractivity (Wildman–Crippen MR) is 94.9 cm³/mol. The molecule has 0 bridgehead atoms. The Morgan fingerprint density at radius 3 is 2.75 bits per heavy atom. The van der Waals surface area contributed by atoms with E-state index in [1.807, 2.05) is 24.3 Å². The van der Waals surface area contributed by atoms with Crippen molar-refractivity contribution < 1.29 is 4.52 Å². The second-order valence-corrected chi connectivity index (χ2v) is 7.82. The lowest BCUT2D eigenvalue weighted by Crippen LogP contribution is -2.52. The first-order valence-electron chi connectivity index (χ1n) is 8.42. The summed E-state index contributed by atoms with van der Waals surface area (Å²) in [6.45, 7) is 8.45. The molecular weight excluding hydrogens is 324 g/mol. The zero-order chi connectivity index (χ0) is 17.3. The van der Waals surface area contributed by atoms with E-state index in [1.165, 1.54) is 0 Å². The Bertz CT molecular complexity index is 683. The summed E-state index contributed by atoms with van der Waals surface area (Å²) in [7, 11) is 0. The van der Waals surface area contributed by atoms with Gasteiger partial charge in [0, 0.05) is 30.6 Å². The van der Waals surface area contributed by atoms with Crippen LogP contribution in [0.3, 0.4) is 0 Å². The fraction of sp³-hybridized carbons (Fsp3) is 0.556. The maximum absolute atomic E-state index is 6.23. The summed E-state index contributed by atoms with van der Waals surface area (Å²) in [5.74, 6) is 1.37. The minimum absolute atomic E-state index is 0.0959. The van der Waals surface area contributed by atoms with E-state index in [4.69, 9.17) is 21.9 Å². The van der Waals surface area contributed by atoms with Crippen molar-refractivity contribution in [3.8, 4) is 0 Å². The normalized spacial score (nSPS) is 22.5. The van der Waals surface area contributed by atoms with E-state index in [2.05, 4.69) is 35.8 Å². The maximum atomic E-state index is 6.23. The molecule has 6 heteroatoms. The van der Waals surface area contributed by atoms with Gasteiger partial charge in [0.2, 0.25) is 5.89 Å². The zero-order valence-corrected chi connectivity index (χ0v) is 15.3. The van der Waals surface area contributed by atoms with E-state index < -0.39 is 0 Å². The van der Waals surface area contributed by atoms with Gasteiger partial charge in [-0.25, -0.2) is 0 Å². The minimum atomic E-state index is 0.0959. The van der Waals surface area contributed by atoms with E-state index in [-0.39, 0.29) is 17.5 Å².